The monoisotopic (exact) mass is 463 g/mol. The second-order valence-electron chi connectivity index (χ2n) is 8.20. The van der Waals surface area contributed by atoms with Crippen LogP contribution in [0.1, 0.15) is 39.5 Å². The standard InChI is InChI=1S/C24H30FNO5S/c1-3-5-12-24(4-2)16-26(18-9-7-6-8-10-18)20-14-19(25)21(31-13-11-23(27)28)15-22(20)32(29,30)17-24/h6-11,13-15,29-30H,3-5,12,16-17H2,1-2H3,(H,27,28)/b13-11+. The quantitative estimate of drug-likeness (QED) is 0.300. The van der Waals surface area contributed by atoms with Crippen LogP contribution in [0.3, 0.4) is 0 Å². The van der Waals surface area contributed by atoms with E-state index < -0.39 is 22.4 Å². The number of fused-ring (bicyclic) bond motifs is 1. The molecule has 0 saturated heterocycles. The Morgan fingerprint density at radius 3 is 2.59 bits per heavy atom. The van der Waals surface area contributed by atoms with E-state index in [0.717, 1.165) is 43.7 Å². The number of unbranched alkanes of at least 4 members (excludes halogenated alkanes) is 1. The van der Waals surface area contributed by atoms with Crippen molar-refractivity contribution in [2.75, 3.05) is 17.2 Å². The molecule has 174 valence electrons. The van der Waals surface area contributed by atoms with Crippen molar-refractivity contribution >= 4 is 27.9 Å². The summed E-state index contributed by atoms with van der Waals surface area (Å²) in [6.07, 6.45) is 5.11. The molecule has 0 spiro atoms. The molecule has 1 aliphatic rings. The number of aliphatic carboxylic acids is 1. The van der Waals surface area contributed by atoms with E-state index in [2.05, 4.69) is 13.8 Å². The summed E-state index contributed by atoms with van der Waals surface area (Å²) in [4.78, 5) is 12.9. The maximum absolute atomic E-state index is 15.0. The van der Waals surface area contributed by atoms with E-state index in [4.69, 9.17) is 9.84 Å². The molecule has 3 N–H and O–H groups in total. The zero-order valence-electron chi connectivity index (χ0n) is 18.3. The van der Waals surface area contributed by atoms with Crippen LogP contribution in [0.15, 0.2) is 59.7 Å². The molecule has 1 atom stereocenters. The van der Waals surface area contributed by atoms with Crippen molar-refractivity contribution in [2.45, 2.75) is 44.4 Å². The molecule has 2 aromatic carbocycles. The maximum atomic E-state index is 15.0. The molecule has 0 aliphatic carbocycles. The average Bonchev–Trinajstić information content (AvgIpc) is 2.85. The maximum Gasteiger partial charge on any atom is 0.331 e. The van der Waals surface area contributed by atoms with Crippen LogP contribution < -0.4 is 9.64 Å². The highest BCUT2D eigenvalue weighted by Crippen LogP contribution is 2.61. The predicted octanol–water partition coefficient (Wildman–Crippen LogP) is 6.65. The molecule has 0 bridgehead atoms. The minimum absolute atomic E-state index is 0.170. The van der Waals surface area contributed by atoms with Gasteiger partial charge in [-0.05, 0) is 25.0 Å². The van der Waals surface area contributed by atoms with E-state index in [1.165, 1.54) is 12.1 Å². The molecule has 0 amide bonds. The van der Waals surface area contributed by atoms with Crippen LogP contribution in [0.5, 0.6) is 5.75 Å². The summed E-state index contributed by atoms with van der Waals surface area (Å²) < 4.78 is 42.7. The lowest BCUT2D eigenvalue weighted by Gasteiger charge is -2.41. The number of ether oxygens (including phenoxy) is 1. The Labute approximate surface area is 189 Å². The number of nitrogens with zero attached hydrogens (tertiary/aromatic N) is 1. The lowest BCUT2D eigenvalue weighted by atomic mass is 9.81. The summed E-state index contributed by atoms with van der Waals surface area (Å²) in [5.74, 6) is -2.04. The highest BCUT2D eigenvalue weighted by Gasteiger charge is 2.42. The summed E-state index contributed by atoms with van der Waals surface area (Å²) >= 11 is 0. The number of benzene rings is 2. The van der Waals surface area contributed by atoms with Gasteiger partial charge in [0.1, 0.15) is 0 Å². The van der Waals surface area contributed by atoms with Gasteiger partial charge in [-0.2, -0.15) is 10.6 Å². The summed E-state index contributed by atoms with van der Waals surface area (Å²) in [6, 6.07) is 12.0. The first-order valence-electron chi connectivity index (χ1n) is 10.7. The van der Waals surface area contributed by atoms with E-state index in [-0.39, 0.29) is 21.8 Å². The molecular weight excluding hydrogens is 433 g/mol. The van der Waals surface area contributed by atoms with Gasteiger partial charge in [0.25, 0.3) is 0 Å². The number of carboxylic acid groups (broad SMARTS) is 1. The fourth-order valence-corrected chi connectivity index (χ4v) is 6.40. The SMILES string of the molecule is CCCCC1(CC)CN(c2ccccc2)c2cc(F)c(O/C=C/C(=O)O)cc2S(O)(O)C1. The first-order chi connectivity index (χ1) is 15.2. The van der Waals surface area contributed by atoms with Gasteiger partial charge in [-0.3, -0.25) is 9.11 Å². The van der Waals surface area contributed by atoms with E-state index in [1.807, 2.05) is 35.2 Å². The van der Waals surface area contributed by atoms with Crippen molar-refractivity contribution in [2.24, 2.45) is 5.41 Å². The Bertz CT molecular complexity index is 982. The second-order valence-corrected chi connectivity index (χ2v) is 10.3. The molecule has 1 aliphatic heterocycles. The third-order valence-electron chi connectivity index (χ3n) is 5.94. The number of halogens is 1. The highest BCUT2D eigenvalue weighted by molar-refractivity contribution is 8.24. The molecule has 1 unspecified atom stereocenters. The van der Waals surface area contributed by atoms with Gasteiger partial charge in [0.2, 0.25) is 0 Å². The summed E-state index contributed by atoms with van der Waals surface area (Å²) in [7, 11) is -3.28. The zero-order valence-corrected chi connectivity index (χ0v) is 19.1. The van der Waals surface area contributed by atoms with Gasteiger partial charge in [-0.15, -0.1) is 0 Å². The van der Waals surface area contributed by atoms with Crippen LogP contribution in [0, 0.1) is 11.2 Å². The van der Waals surface area contributed by atoms with E-state index in [1.54, 1.807) is 0 Å². The molecule has 0 radical (unpaired) electrons. The molecule has 2 aromatic rings. The van der Waals surface area contributed by atoms with Gasteiger partial charge in [-0.25, -0.2) is 9.18 Å². The normalized spacial score (nSPS) is 21.1. The Morgan fingerprint density at radius 2 is 1.97 bits per heavy atom. The molecule has 32 heavy (non-hydrogen) atoms. The van der Waals surface area contributed by atoms with Gasteiger partial charge < -0.3 is 14.7 Å². The van der Waals surface area contributed by atoms with E-state index >= 15 is 0 Å². The summed E-state index contributed by atoms with van der Waals surface area (Å²) in [5, 5.41) is 8.75. The average molecular weight is 464 g/mol. The summed E-state index contributed by atoms with van der Waals surface area (Å²) in [5.41, 5.74) is 0.846. The fraction of sp³-hybridized carbons (Fsp3) is 0.375. The predicted molar refractivity (Wildman–Crippen MR) is 125 cm³/mol. The first-order valence-corrected chi connectivity index (χ1v) is 12.4. The number of anilines is 2. The van der Waals surface area contributed by atoms with Crippen LogP contribution in [0.25, 0.3) is 0 Å². The van der Waals surface area contributed by atoms with Crippen LogP contribution >= 0.6 is 10.6 Å². The van der Waals surface area contributed by atoms with Crippen LogP contribution in [0.2, 0.25) is 0 Å². The van der Waals surface area contributed by atoms with Gasteiger partial charge in [0.05, 0.1) is 22.9 Å². The molecule has 1 heterocycles. The van der Waals surface area contributed by atoms with Crippen LogP contribution in [-0.2, 0) is 4.79 Å². The van der Waals surface area contributed by atoms with Crippen molar-refractivity contribution in [1.29, 1.82) is 0 Å². The second kappa shape index (κ2) is 9.94. The van der Waals surface area contributed by atoms with Gasteiger partial charge in [0.15, 0.2) is 11.6 Å². The van der Waals surface area contributed by atoms with Crippen molar-refractivity contribution in [3.63, 3.8) is 0 Å². The smallest absolute Gasteiger partial charge is 0.331 e. The topological polar surface area (TPSA) is 90.2 Å². The van der Waals surface area contributed by atoms with Crippen molar-refractivity contribution in [3.8, 4) is 5.75 Å². The largest absolute Gasteiger partial charge is 0.478 e. The third-order valence-corrected chi connectivity index (χ3v) is 7.99. The number of rotatable bonds is 8. The third kappa shape index (κ3) is 5.26. The fourth-order valence-electron chi connectivity index (χ4n) is 4.16. The van der Waals surface area contributed by atoms with Crippen molar-refractivity contribution in [1.82, 2.24) is 0 Å². The Kier molecular flexibility index (Phi) is 7.48. The molecule has 8 heteroatoms. The van der Waals surface area contributed by atoms with Crippen LogP contribution in [-0.4, -0.2) is 32.5 Å². The molecule has 0 saturated carbocycles. The lowest BCUT2D eigenvalue weighted by Crippen LogP contribution is -2.37. The number of hydrogen-bond acceptors (Lipinski definition) is 5. The minimum atomic E-state index is -3.28. The van der Waals surface area contributed by atoms with E-state index in [9.17, 15) is 18.3 Å². The van der Waals surface area contributed by atoms with Crippen molar-refractivity contribution < 1.29 is 28.1 Å². The number of para-hydroxylation sites is 1. The zero-order chi connectivity index (χ0) is 23.4. The number of hydrogen-bond donors (Lipinski definition) is 3. The molecular formula is C24H30FNO5S. The van der Waals surface area contributed by atoms with Crippen LogP contribution in [0.4, 0.5) is 15.8 Å². The lowest BCUT2D eigenvalue weighted by molar-refractivity contribution is -0.131. The highest BCUT2D eigenvalue weighted by atomic mass is 32.3. The van der Waals surface area contributed by atoms with Gasteiger partial charge in [-0.1, -0.05) is 44.9 Å². The Morgan fingerprint density at radius 1 is 1.25 bits per heavy atom. The molecule has 6 nitrogen and oxygen atoms in total. The Balaban J connectivity index is 2.16. The van der Waals surface area contributed by atoms with E-state index in [0.29, 0.717) is 12.2 Å². The number of carboxylic acids is 1. The van der Waals surface area contributed by atoms with Gasteiger partial charge in [0, 0.05) is 35.5 Å². The molecule has 3 rings (SSSR count). The first kappa shape index (κ1) is 24.1. The molecule has 0 aromatic heterocycles. The summed E-state index contributed by atoms with van der Waals surface area (Å²) in [6.45, 7) is 4.68. The minimum Gasteiger partial charge on any atom is -0.478 e. The number of carbonyl (C=O) groups is 1. The molecule has 0 fully saturated rings. The van der Waals surface area contributed by atoms with Gasteiger partial charge >= 0.3 is 5.97 Å². The van der Waals surface area contributed by atoms with Crippen molar-refractivity contribution in [3.05, 3.63) is 60.6 Å². The Hall–Kier alpha value is -2.55.